The van der Waals surface area contributed by atoms with Crippen molar-refractivity contribution in [3.8, 4) is 11.5 Å². The van der Waals surface area contributed by atoms with Crippen LogP contribution in [0.2, 0.25) is 10.0 Å². The van der Waals surface area contributed by atoms with E-state index in [1.807, 2.05) is 0 Å². The van der Waals surface area contributed by atoms with Gasteiger partial charge in [0.05, 0.1) is 11.2 Å². The van der Waals surface area contributed by atoms with Crippen LogP contribution in [0.15, 0.2) is 46.0 Å². The minimum absolute atomic E-state index is 0.0988. The quantitative estimate of drug-likeness (QED) is 0.570. The van der Waals surface area contributed by atoms with Crippen LogP contribution in [0.4, 0.5) is 0 Å². The first-order valence-corrected chi connectivity index (χ1v) is 7.89. The van der Waals surface area contributed by atoms with Gasteiger partial charge in [0, 0.05) is 15.1 Å². The monoisotopic (exact) mass is 416 g/mol. The number of hydrogen-bond donors (Lipinski definition) is 2. The van der Waals surface area contributed by atoms with Crippen LogP contribution in [0.25, 0.3) is 0 Å². The summed E-state index contributed by atoms with van der Waals surface area (Å²) in [7, 11) is 0. The fourth-order valence-corrected chi connectivity index (χ4v) is 2.38. The fraction of sp³-hybridized carbons (Fsp3) is 0.0667. The van der Waals surface area contributed by atoms with E-state index in [1.165, 1.54) is 24.4 Å². The summed E-state index contributed by atoms with van der Waals surface area (Å²) in [5.74, 6) is -0.00356. The van der Waals surface area contributed by atoms with E-state index in [1.54, 1.807) is 18.2 Å². The molecule has 0 bridgehead atoms. The number of phenols is 1. The first kappa shape index (κ1) is 17.6. The number of benzene rings is 2. The molecule has 0 aliphatic rings. The lowest BCUT2D eigenvalue weighted by atomic mass is 10.2. The van der Waals surface area contributed by atoms with E-state index in [0.29, 0.717) is 21.4 Å². The molecule has 8 heteroatoms. The minimum atomic E-state index is -0.455. The lowest BCUT2D eigenvalue weighted by Crippen LogP contribution is -2.24. The Hall–Kier alpha value is -1.76. The van der Waals surface area contributed by atoms with E-state index in [9.17, 15) is 9.90 Å². The van der Waals surface area contributed by atoms with E-state index in [0.717, 1.165) is 4.47 Å². The largest absolute Gasteiger partial charge is 0.508 e. The lowest BCUT2D eigenvalue weighted by molar-refractivity contribution is -0.123. The molecule has 0 radical (unpaired) electrons. The van der Waals surface area contributed by atoms with Gasteiger partial charge < -0.3 is 9.84 Å². The molecule has 1 amide bonds. The van der Waals surface area contributed by atoms with Crippen molar-refractivity contribution in [1.82, 2.24) is 5.43 Å². The van der Waals surface area contributed by atoms with Gasteiger partial charge in [0.25, 0.3) is 5.91 Å². The van der Waals surface area contributed by atoms with Crippen LogP contribution in [-0.4, -0.2) is 23.8 Å². The van der Waals surface area contributed by atoms with Crippen molar-refractivity contribution in [1.29, 1.82) is 0 Å². The Bertz CT molecular complexity index is 753. The summed E-state index contributed by atoms with van der Waals surface area (Å²) >= 11 is 15.0. The summed E-state index contributed by atoms with van der Waals surface area (Å²) < 4.78 is 6.01. The van der Waals surface area contributed by atoms with Crippen LogP contribution in [0.1, 0.15) is 5.56 Å². The SMILES string of the molecule is O=C(COc1ccc(Cl)cc1Cl)N/N=C/c1cc(O)ccc1Br. The average molecular weight is 418 g/mol. The summed E-state index contributed by atoms with van der Waals surface area (Å²) in [6.45, 7) is -0.250. The third kappa shape index (κ3) is 5.42. The molecule has 0 saturated carbocycles. The lowest BCUT2D eigenvalue weighted by Gasteiger charge is -2.07. The second kappa shape index (κ2) is 8.19. The number of aromatic hydroxyl groups is 1. The first-order valence-electron chi connectivity index (χ1n) is 6.34. The number of rotatable bonds is 5. The predicted molar refractivity (Wildman–Crippen MR) is 93.5 cm³/mol. The summed E-state index contributed by atoms with van der Waals surface area (Å²) in [5.41, 5.74) is 2.93. The zero-order valence-electron chi connectivity index (χ0n) is 11.6. The molecule has 0 unspecified atom stereocenters. The van der Waals surface area contributed by atoms with Gasteiger partial charge in [-0.1, -0.05) is 39.1 Å². The number of carbonyl (C=O) groups is 1. The van der Waals surface area contributed by atoms with Crippen molar-refractivity contribution in [3.63, 3.8) is 0 Å². The molecule has 120 valence electrons. The number of halogens is 3. The van der Waals surface area contributed by atoms with Crippen LogP contribution in [0, 0.1) is 0 Å². The van der Waals surface area contributed by atoms with Crippen molar-refractivity contribution in [2.24, 2.45) is 5.10 Å². The molecular formula is C15H11BrCl2N2O3. The molecule has 0 atom stereocenters. The van der Waals surface area contributed by atoms with Crippen molar-refractivity contribution in [2.45, 2.75) is 0 Å². The van der Waals surface area contributed by atoms with Crippen LogP contribution in [-0.2, 0) is 4.79 Å². The normalized spacial score (nSPS) is 10.7. The van der Waals surface area contributed by atoms with Gasteiger partial charge >= 0.3 is 0 Å². The third-order valence-electron chi connectivity index (χ3n) is 2.63. The van der Waals surface area contributed by atoms with Gasteiger partial charge in [0.2, 0.25) is 0 Å². The van der Waals surface area contributed by atoms with Gasteiger partial charge in [0.1, 0.15) is 11.5 Å². The highest BCUT2D eigenvalue weighted by molar-refractivity contribution is 9.10. The first-order chi connectivity index (χ1) is 11.0. The van der Waals surface area contributed by atoms with Crippen molar-refractivity contribution in [2.75, 3.05) is 6.61 Å². The molecule has 0 aliphatic heterocycles. The zero-order chi connectivity index (χ0) is 16.8. The number of ether oxygens (including phenoxy) is 1. The molecule has 5 nitrogen and oxygen atoms in total. The number of nitrogens with zero attached hydrogens (tertiary/aromatic N) is 1. The van der Waals surface area contributed by atoms with Crippen LogP contribution in [0.5, 0.6) is 11.5 Å². The highest BCUT2D eigenvalue weighted by atomic mass is 79.9. The molecule has 0 fully saturated rings. The summed E-state index contributed by atoms with van der Waals surface area (Å²) in [4.78, 5) is 11.7. The average Bonchev–Trinajstić information content (AvgIpc) is 2.50. The third-order valence-corrected chi connectivity index (χ3v) is 3.88. The maximum atomic E-state index is 11.7. The van der Waals surface area contributed by atoms with Gasteiger partial charge in [-0.3, -0.25) is 4.79 Å². The highest BCUT2D eigenvalue weighted by Crippen LogP contribution is 2.27. The predicted octanol–water partition coefficient (Wildman–Crippen LogP) is 3.99. The maximum absolute atomic E-state index is 11.7. The van der Waals surface area contributed by atoms with E-state index < -0.39 is 5.91 Å². The van der Waals surface area contributed by atoms with Crippen LogP contribution in [0.3, 0.4) is 0 Å². The summed E-state index contributed by atoms with van der Waals surface area (Å²) in [6.07, 6.45) is 1.40. The number of phenolic OH excluding ortho intramolecular Hbond substituents is 1. The molecule has 0 heterocycles. The van der Waals surface area contributed by atoms with E-state index >= 15 is 0 Å². The fourth-order valence-electron chi connectivity index (χ4n) is 1.57. The van der Waals surface area contributed by atoms with Gasteiger partial charge in [0.15, 0.2) is 6.61 Å². The molecule has 2 rings (SSSR count). The van der Waals surface area contributed by atoms with Gasteiger partial charge in [-0.05, 0) is 36.4 Å². The van der Waals surface area contributed by atoms with Crippen molar-refractivity contribution >= 4 is 51.3 Å². The second-order valence-corrected chi connectivity index (χ2v) is 6.06. The summed E-state index contributed by atoms with van der Waals surface area (Å²) in [6, 6.07) is 9.41. The molecule has 23 heavy (non-hydrogen) atoms. The molecular weight excluding hydrogens is 407 g/mol. The molecule has 2 N–H and O–H groups in total. The highest BCUT2D eigenvalue weighted by Gasteiger charge is 2.06. The second-order valence-electron chi connectivity index (χ2n) is 4.36. The Morgan fingerprint density at radius 1 is 1.30 bits per heavy atom. The smallest absolute Gasteiger partial charge is 0.277 e. The standard InChI is InChI=1S/C15H11BrCl2N2O3/c16-12-3-2-11(21)5-9(12)7-19-20-15(22)8-23-14-4-1-10(17)6-13(14)18/h1-7,21H,8H2,(H,20,22)/b19-7+. The Labute approximate surface area is 151 Å². The Morgan fingerprint density at radius 2 is 2.09 bits per heavy atom. The van der Waals surface area contributed by atoms with E-state index in [4.69, 9.17) is 27.9 Å². The van der Waals surface area contributed by atoms with Gasteiger partial charge in [-0.25, -0.2) is 5.43 Å². The van der Waals surface area contributed by atoms with Gasteiger partial charge in [-0.15, -0.1) is 0 Å². The molecule has 2 aromatic carbocycles. The van der Waals surface area contributed by atoms with E-state index in [2.05, 4.69) is 26.5 Å². The molecule has 0 aromatic heterocycles. The number of carbonyl (C=O) groups excluding carboxylic acids is 1. The van der Waals surface area contributed by atoms with E-state index in [-0.39, 0.29) is 12.4 Å². The van der Waals surface area contributed by atoms with Gasteiger partial charge in [-0.2, -0.15) is 5.10 Å². The zero-order valence-corrected chi connectivity index (χ0v) is 14.7. The number of amides is 1. The molecule has 0 aliphatic carbocycles. The van der Waals surface area contributed by atoms with Crippen LogP contribution < -0.4 is 10.2 Å². The Balaban J connectivity index is 1.87. The van der Waals surface area contributed by atoms with Crippen LogP contribution >= 0.6 is 39.1 Å². The topological polar surface area (TPSA) is 70.9 Å². The number of hydrogen-bond acceptors (Lipinski definition) is 4. The molecule has 0 saturated heterocycles. The summed E-state index contributed by atoms with van der Waals surface area (Å²) in [5, 5.41) is 14.0. The minimum Gasteiger partial charge on any atom is -0.508 e. The maximum Gasteiger partial charge on any atom is 0.277 e. The Morgan fingerprint density at radius 3 is 2.83 bits per heavy atom. The Kier molecular flexibility index (Phi) is 6.27. The number of nitrogens with one attached hydrogen (secondary N) is 1. The molecule has 2 aromatic rings. The van der Waals surface area contributed by atoms with Crippen molar-refractivity contribution < 1.29 is 14.6 Å². The number of hydrazone groups is 1. The van der Waals surface area contributed by atoms with Crippen molar-refractivity contribution in [3.05, 3.63) is 56.5 Å². The molecule has 0 spiro atoms.